The van der Waals surface area contributed by atoms with Gasteiger partial charge in [0.1, 0.15) is 11.5 Å². The van der Waals surface area contributed by atoms with Crippen molar-refractivity contribution in [3.63, 3.8) is 0 Å². The van der Waals surface area contributed by atoms with E-state index in [0.29, 0.717) is 12.2 Å². The van der Waals surface area contributed by atoms with Gasteiger partial charge in [0.25, 0.3) is 0 Å². The molecule has 2 aliphatic rings. The highest BCUT2D eigenvalue weighted by molar-refractivity contribution is 5.93. The summed E-state index contributed by atoms with van der Waals surface area (Å²) in [6.07, 6.45) is 2.75. The zero-order valence-corrected chi connectivity index (χ0v) is 15.8. The number of carbonyl (C=O) groups excluding carboxylic acids is 1. The Hall–Kier alpha value is -2.59. The number of hydrogen-bond donors (Lipinski definition) is 0. The van der Waals surface area contributed by atoms with Crippen LogP contribution in [0.15, 0.2) is 48.0 Å². The summed E-state index contributed by atoms with van der Waals surface area (Å²) in [5.41, 5.74) is 3.92. The third-order valence-electron chi connectivity index (χ3n) is 4.58. The molecule has 26 heavy (non-hydrogen) atoms. The Kier molecular flexibility index (Phi) is 5.43. The maximum atomic E-state index is 11.9. The second kappa shape index (κ2) is 7.75. The maximum absolute atomic E-state index is 11.9. The van der Waals surface area contributed by atoms with Gasteiger partial charge in [-0.05, 0) is 69.8 Å². The minimum atomic E-state index is -0.293. The lowest BCUT2D eigenvalue weighted by Crippen LogP contribution is -2.22. The molecule has 0 saturated carbocycles. The van der Waals surface area contributed by atoms with Gasteiger partial charge in [0.05, 0.1) is 6.61 Å². The largest absolute Gasteiger partial charge is 0.463 e. The van der Waals surface area contributed by atoms with Crippen molar-refractivity contribution >= 4 is 12.0 Å². The van der Waals surface area contributed by atoms with Crippen molar-refractivity contribution in [1.29, 1.82) is 0 Å². The third kappa shape index (κ3) is 3.97. The number of likely N-dealkylation sites (N-methyl/N-ethyl adjacent to an activating group) is 1. The Morgan fingerprint density at radius 3 is 2.62 bits per heavy atom. The van der Waals surface area contributed by atoms with Gasteiger partial charge < -0.3 is 14.4 Å². The molecule has 0 spiro atoms. The Balaban J connectivity index is 2.01. The van der Waals surface area contributed by atoms with Crippen LogP contribution in [0.4, 0.5) is 0 Å². The lowest BCUT2D eigenvalue weighted by Gasteiger charge is -2.26. The molecule has 4 heteroatoms. The topological polar surface area (TPSA) is 38.8 Å². The third-order valence-corrected chi connectivity index (χ3v) is 4.58. The van der Waals surface area contributed by atoms with E-state index in [4.69, 9.17) is 9.47 Å². The summed E-state index contributed by atoms with van der Waals surface area (Å²) in [7, 11) is 4.16. The average molecular weight is 351 g/mol. The normalized spacial score (nSPS) is 16.3. The molecular formula is C22H25NO3. The van der Waals surface area contributed by atoms with E-state index in [-0.39, 0.29) is 12.0 Å². The summed E-state index contributed by atoms with van der Waals surface area (Å²) in [4.78, 5) is 14.1. The molecule has 0 aliphatic carbocycles. The lowest BCUT2D eigenvalue weighted by atomic mass is 9.96. The summed E-state index contributed by atoms with van der Waals surface area (Å²) in [5.74, 6) is 1.35. The van der Waals surface area contributed by atoms with E-state index in [9.17, 15) is 4.79 Å². The van der Waals surface area contributed by atoms with Crippen LogP contribution in [0.2, 0.25) is 0 Å². The molecule has 136 valence electrons. The standard InChI is InChI=1S/C22H25NO3/c1-5-25-22(24)15(2)12-17-8-11-19-20(23(3)4)13-16-6-9-18(10-7-16)26-21(19)14-17/h6-12,14,20H,5,13H2,1-4H3/b15-12+. The van der Waals surface area contributed by atoms with E-state index < -0.39 is 0 Å². The summed E-state index contributed by atoms with van der Waals surface area (Å²) >= 11 is 0. The van der Waals surface area contributed by atoms with Crippen LogP contribution in [0.5, 0.6) is 11.5 Å². The monoisotopic (exact) mass is 351 g/mol. The first-order chi connectivity index (χ1) is 12.5. The maximum Gasteiger partial charge on any atom is 0.333 e. The second-order valence-corrected chi connectivity index (χ2v) is 6.77. The number of nitrogens with zero attached hydrogens (tertiary/aromatic N) is 1. The van der Waals surface area contributed by atoms with Gasteiger partial charge in [-0.2, -0.15) is 0 Å². The van der Waals surface area contributed by atoms with Crippen molar-refractivity contribution in [2.24, 2.45) is 0 Å². The molecule has 2 aliphatic heterocycles. The number of esters is 1. The van der Waals surface area contributed by atoms with Gasteiger partial charge in [-0.15, -0.1) is 0 Å². The summed E-state index contributed by atoms with van der Waals surface area (Å²) in [6.45, 7) is 3.94. The smallest absolute Gasteiger partial charge is 0.333 e. The lowest BCUT2D eigenvalue weighted by molar-refractivity contribution is -0.138. The predicted molar refractivity (Wildman–Crippen MR) is 103 cm³/mol. The van der Waals surface area contributed by atoms with Gasteiger partial charge in [0, 0.05) is 17.2 Å². The van der Waals surface area contributed by atoms with E-state index in [1.807, 2.05) is 30.3 Å². The fourth-order valence-corrected chi connectivity index (χ4v) is 3.17. The fraction of sp³-hybridized carbons (Fsp3) is 0.318. The molecule has 1 unspecified atom stereocenters. The van der Waals surface area contributed by atoms with Crippen molar-refractivity contribution in [2.45, 2.75) is 26.3 Å². The Bertz CT molecular complexity index is 822. The van der Waals surface area contributed by atoms with Gasteiger partial charge in [0.15, 0.2) is 0 Å². The van der Waals surface area contributed by atoms with Crippen LogP contribution in [0, 0.1) is 0 Å². The molecule has 2 bridgehead atoms. The first kappa shape index (κ1) is 18.2. The van der Waals surface area contributed by atoms with Crippen molar-refractivity contribution in [3.05, 3.63) is 64.7 Å². The minimum Gasteiger partial charge on any atom is -0.463 e. The van der Waals surface area contributed by atoms with Crippen molar-refractivity contribution in [1.82, 2.24) is 4.90 Å². The predicted octanol–water partition coefficient (Wildman–Crippen LogP) is 4.60. The van der Waals surface area contributed by atoms with Gasteiger partial charge in [-0.25, -0.2) is 4.79 Å². The zero-order valence-electron chi connectivity index (χ0n) is 15.8. The average Bonchev–Trinajstić information content (AvgIpc) is 2.73. The zero-order chi connectivity index (χ0) is 18.7. The molecule has 2 aromatic rings. The molecule has 0 N–H and O–H groups in total. The SMILES string of the molecule is CCOC(=O)/C(C)=C/c1ccc2c(c1)Oc1ccc(cc1)CC2N(C)C. The van der Waals surface area contributed by atoms with Crippen LogP contribution in [0.25, 0.3) is 6.08 Å². The van der Waals surface area contributed by atoms with E-state index in [1.54, 1.807) is 13.8 Å². The number of rotatable bonds is 4. The van der Waals surface area contributed by atoms with Crippen LogP contribution in [-0.4, -0.2) is 31.6 Å². The number of benzene rings is 2. The number of ether oxygens (including phenoxy) is 2. The molecule has 0 amide bonds. The van der Waals surface area contributed by atoms with Crippen molar-refractivity contribution < 1.29 is 14.3 Å². The highest BCUT2D eigenvalue weighted by Crippen LogP contribution is 2.37. The van der Waals surface area contributed by atoms with Gasteiger partial charge >= 0.3 is 5.97 Å². The molecule has 0 saturated heterocycles. The Morgan fingerprint density at radius 1 is 1.23 bits per heavy atom. The van der Waals surface area contributed by atoms with Gasteiger partial charge in [-0.1, -0.05) is 24.3 Å². The Morgan fingerprint density at radius 2 is 1.96 bits per heavy atom. The number of fused-ring (bicyclic) bond motifs is 3. The molecule has 4 nitrogen and oxygen atoms in total. The van der Waals surface area contributed by atoms with E-state index in [1.165, 1.54) is 5.56 Å². The molecule has 1 atom stereocenters. The highest BCUT2D eigenvalue weighted by atomic mass is 16.5. The van der Waals surface area contributed by atoms with Crippen molar-refractivity contribution in [2.75, 3.05) is 20.7 Å². The van der Waals surface area contributed by atoms with Crippen molar-refractivity contribution in [3.8, 4) is 11.5 Å². The van der Waals surface area contributed by atoms with E-state index in [0.717, 1.165) is 29.0 Å². The molecule has 4 rings (SSSR count). The second-order valence-electron chi connectivity index (χ2n) is 6.77. The van der Waals surface area contributed by atoms with Crippen LogP contribution in [0.1, 0.15) is 36.6 Å². The van der Waals surface area contributed by atoms with Crippen LogP contribution < -0.4 is 4.74 Å². The first-order valence-corrected chi connectivity index (χ1v) is 8.90. The van der Waals surface area contributed by atoms with E-state index >= 15 is 0 Å². The molecule has 2 heterocycles. The number of hydrogen-bond acceptors (Lipinski definition) is 4. The summed E-state index contributed by atoms with van der Waals surface area (Å²) < 4.78 is 11.2. The van der Waals surface area contributed by atoms with Gasteiger partial charge in [0.2, 0.25) is 0 Å². The minimum absolute atomic E-state index is 0.218. The highest BCUT2D eigenvalue weighted by Gasteiger charge is 2.21. The molecule has 0 aromatic heterocycles. The van der Waals surface area contributed by atoms with Gasteiger partial charge in [-0.3, -0.25) is 0 Å². The fourth-order valence-electron chi connectivity index (χ4n) is 3.17. The number of carbonyl (C=O) groups is 1. The quantitative estimate of drug-likeness (QED) is 0.596. The molecular weight excluding hydrogens is 326 g/mol. The molecule has 0 fully saturated rings. The Labute approximate surface area is 155 Å². The molecule has 2 aromatic carbocycles. The van der Waals surface area contributed by atoms with Crippen LogP contribution in [-0.2, 0) is 16.0 Å². The summed E-state index contributed by atoms with van der Waals surface area (Å²) in [6, 6.07) is 14.6. The van der Waals surface area contributed by atoms with Crippen LogP contribution >= 0.6 is 0 Å². The summed E-state index contributed by atoms with van der Waals surface area (Å²) in [5, 5.41) is 0. The molecule has 0 radical (unpaired) electrons. The first-order valence-electron chi connectivity index (χ1n) is 8.90. The van der Waals surface area contributed by atoms with E-state index in [2.05, 4.69) is 37.2 Å². The van der Waals surface area contributed by atoms with Crippen LogP contribution in [0.3, 0.4) is 0 Å².